The van der Waals surface area contributed by atoms with Gasteiger partial charge < -0.3 is 9.80 Å². The lowest BCUT2D eigenvalue weighted by Crippen LogP contribution is -2.50. The molecule has 0 N–H and O–H groups in total. The van der Waals surface area contributed by atoms with Crippen LogP contribution in [0.2, 0.25) is 5.02 Å². The van der Waals surface area contributed by atoms with E-state index in [4.69, 9.17) is 11.6 Å². The number of carbonyl (C=O) groups excluding carboxylic acids is 2. The van der Waals surface area contributed by atoms with Gasteiger partial charge in [-0.15, -0.1) is 0 Å². The summed E-state index contributed by atoms with van der Waals surface area (Å²) < 4.78 is 14.0. The van der Waals surface area contributed by atoms with Crippen molar-refractivity contribution in [3.8, 4) is 0 Å². The van der Waals surface area contributed by atoms with Crippen molar-refractivity contribution in [2.45, 2.75) is 0 Å². The van der Waals surface area contributed by atoms with E-state index < -0.39 is 5.82 Å². The number of rotatable bonds is 2. The van der Waals surface area contributed by atoms with Crippen LogP contribution in [0.5, 0.6) is 0 Å². The first-order valence-corrected chi connectivity index (χ1v) is 8.92. The maximum Gasteiger partial charge on any atom is 0.255 e. The van der Waals surface area contributed by atoms with Crippen molar-refractivity contribution in [3.05, 3.63) is 68.9 Å². The number of halogens is 3. The smallest absolute Gasteiger partial charge is 0.255 e. The standard InChI is InChI=1S/C18H15BrClFN2O2/c19-13-3-1-2-12(10-13)17(24)22-6-8-23(9-7-22)18(25)15-5-4-14(21)11-16(15)20/h1-5,10-11H,6-9H2. The molecule has 4 nitrogen and oxygen atoms in total. The van der Waals surface area contributed by atoms with Crippen molar-refractivity contribution in [1.29, 1.82) is 0 Å². The SMILES string of the molecule is O=C(c1cccc(Br)c1)N1CCN(C(=O)c2ccc(F)cc2Cl)CC1. The highest BCUT2D eigenvalue weighted by atomic mass is 79.9. The van der Waals surface area contributed by atoms with E-state index in [1.165, 1.54) is 12.1 Å². The summed E-state index contributed by atoms with van der Waals surface area (Å²) >= 11 is 9.32. The lowest BCUT2D eigenvalue weighted by Gasteiger charge is -2.35. The molecule has 1 saturated heterocycles. The molecule has 0 aliphatic carbocycles. The third-order valence-corrected chi connectivity index (χ3v) is 4.89. The molecule has 0 radical (unpaired) electrons. The monoisotopic (exact) mass is 424 g/mol. The third-order valence-electron chi connectivity index (χ3n) is 4.09. The van der Waals surface area contributed by atoms with Gasteiger partial charge in [0.05, 0.1) is 10.6 Å². The van der Waals surface area contributed by atoms with Gasteiger partial charge in [-0.1, -0.05) is 33.6 Å². The Bertz CT molecular complexity index is 822. The van der Waals surface area contributed by atoms with Crippen LogP contribution in [0.3, 0.4) is 0 Å². The van der Waals surface area contributed by atoms with Gasteiger partial charge >= 0.3 is 0 Å². The molecule has 0 unspecified atom stereocenters. The molecular weight excluding hydrogens is 411 g/mol. The first-order chi connectivity index (χ1) is 12.0. The van der Waals surface area contributed by atoms with Crippen molar-refractivity contribution >= 4 is 39.3 Å². The Balaban J connectivity index is 1.65. The van der Waals surface area contributed by atoms with Gasteiger partial charge in [-0.3, -0.25) is 9.59 Å². The van der Waals surface area contributed by atoms with Gasteiger partial charge in [-0.2, -0.15) is 0 Å². The van der Waals surface area contributed by atoms with Gasteiger partial charge in [0.25, 0.3) is 11.8 Å². The van der Waals surface area contributed by atoms with Crippen LogP contribution >= 0.6 is 27.5 Å². The summed E-state index contributed by atoms with van der Waals surface area (Å²) in [6.45, 7) is 1.70. The van der Waals surface area contributed by atoms with Crippen LogP contribution in [0.15, 0.2) is 46.9 Å². The Morgan fingerprint density at radius 2 is 1.60 bits per heavy atom. The molecule has 1 fully saturated rings. The highest BCUT2D eigenvalue weighted by Gasteiger charge is 2.26. The van der Waals surface area contributed by atoms with E-state index in [0.29, 0.717) is 31.7 Å². The fourth-order valence-electron chi connectivity index (χ4n) is 2.75. The van der Waals surface area contributed by atoms with Crippen molar-refractivity contribution in [1.82, 2.24) is 9.80 Å². The minimum absolute atomic E-state index is 0.0618. The lowest BCUT2D eigenvalue weighted by molar-refractivity contribution is 0.0535. The Labute approximate surface area is 158 Å². The fourth-order valence-corrected chi connectivity index (χ4v) is 3.40. The van der Waals surface area contributed by atoms with E-state index in [1.54, 1.807) is 21.9 Å². The molecule has 3 rings (SSSR count). The van der Waals surface area contributed by atoms with Gasteiger partial charge in [0.2, 0.25) is 0 Å². The van der Waals surface area contributed by atoms with Crippen molar-refractivity contribution in [3.63, 3.8) is 0 Å². The minimum Gasteiger partial charge on any atom is -0.335 e. The maximum atomic E-state index is 13.1. The molecule has 2 amide bonds. The first-order valence-electron chi connectivity index (χ1n) is 7.75. The van der Waals surface area contributed by atoms with Crippen LogP contribution in [0.25, 0.3) is 0 Å². The van der Waals surface area contributed by atoms with Crippen LogP contribution in [-0.2, 0) is 0 Å². The predicted octanol–water partition coefficient (Wildman–Crippen LogP) is 3.84. The van der Waals surface area contributed by atoms with Crippen LogP contribution in [0, 0.1) is 5.82 Å². The third kappa shape index (κ3) is 4.02. The van der Waals surface area contributed by atoms with E-state index in [2.05, 4.69) is 15.9 Å². The minimum atomic E-state index is -0.481. The van der Waals surface area contributed by atoms with Crippen LogP contribution in [0.4, 0.5) is 4.39 Å². The number of carbonyl (C=O) groups is 2. The molecule has 7 heteroatoms. The molecule has 130 valence electrons. The van der Waals surface area contributed by atoms with Crippen LogP contribution in [-0.4, -0.2) is 47.8 Å². The zero-order chi connectivity index (χ0) is 18.0. The number of hydrogen-bond donors (Lipinski definition) is 0. The average Bonchev–Trinajstić information content (AvgIpc) is 2.61. The number of benzene rings is 2. The number of nitrogens with zero attached hydrogens (tertiary/aromatic N) is 2. The van der Waals surface area contributed by atoms with E-state index in [1.807, 2.05) is 12.1 Å². The summed E-state index contributed by atoms with van der Waals surface area (Å²) in [6.07, 6.45) is 0. The number of piperazine rings is 1. The Morgan fingerprint density at radius 1 is 0.960 bits per heavy atom. The fraction of sp³-hybridized carbons (Fsp3) is 0.222. The zero-order valence-corrected chi connectivity index (χ0v) is 15.6. The van der Waals surface area contributed by atoms with Gasteiger partial charge in [0, 0.05) is 36.2 Å². The van der Waals surface area contributed by atoms with Crippen molar-refractivity contribution in [2.24, 2.45) is 0 Å². The zero-order valence-electron chi connectivity index (χ0n) is 13.2. The molecule has 2 aromatic rings. The highest BCUT2D eigenvalue weighted by molar-refractivity contribution is 9.10. The van der Waals surface area contributed by atoms with Gasteiger partial charge in [-0.25, -0.2) is 4.39 Å². The molecule has 1 aliphatic rings. The second-order valence-corrected chi connectivity index (χ2v) is 7.04. The molecule has 1 aliphatic heterocycles. The normalized spacial score (nSPS) is 14.5. The lowest BCUT2D eigenvalue weighted by atomic mass is 10.1. The van der Waals surface area contributed by atoms with Crippen molar-refractivity contribution < 1.29 is 14.0 Å². The van der Waals surface area contributed by atoms with E-state index in [9.17, 15) is 14.0 Å². The van der Waals surface area contributed by atoms with E-state index in [-0.39, 0.29) is 22.4 Å². The van der Waals surface area contributed by atoms with Gasteiger partial charge in [-0.05, 0) is 36.4 Å². The summed E-state index contributed by atoms with van der Waals surface area (Å²) in [4.78, 5) is 28.4. The number of amides is 2. The molecule has 0 aromatic heterocycles. The van der Waals surface area contributed by atoms with Gasteiger partial charge in [0.15, 0.2) is 0 Å². The summed E-state index contributed by atoms with van der Waals surface area (Å²) in [5.41, 5.74) is 0.880. The predicted molar refractivity (Wildman–Crippen MR) is 97.4 cm³/mol. The quantitative estimate of drug-likeness (QED) is 0.733. The molecule has 25 heavy (non-hydrogen) atoms. The molecule has 0 atom stereocenters. The average molecular weight is 426 g/mol. The van der Waals surface area contributed by atoms with E-state index >= 15 is 0 Å². The molecule has 0 spiro atoms. The molecule has 0 bridgehead atoms. The summed E-state index contributed by atoms with van der Waals surface area (Å²) in [5, 5.41) is 0.0950. The second kappa shape index (κ2) is 7.54. The largest absolute Gasteiger partial charge is 0.335 e. The Hall–Kier alpha value is -1.92. The van der Waals surface area contributed by atoms with Gasteiger partial charge in [0.1, 0.15) is 5.82 Å². The summed E-state index contributed by atoms with van der Waals surface area (Å²) in [5.74, 6) is -0.793. The first kappa shape index (κ1) is 17.9. The topological polar surface area (TPSA) is 40.6 Å². The molecular formula is C18H15BrClFN2O2. The molecule has 1 heterocycles. The second-order valence-electron chi connectivity index (χ2n) is 5.72. The number of hydrogen-bond acceptors (Lipinski definition) is 2. The highest BCUT2D eigenvalue weighted by Crippen LogP contribution is 2.20. The maximum absolute atomic E-state index is 13.1. The Kier molecular flexibility index (Phi) is 5.39. The van der Waals surface area contributed by atoms with Crippen LogP contribution in [0.1, 0.15) is 20.7 Å². The Morgan fingerprint density at radius 3 is 2.20 bits per heavy atom. The summed E-state index contributed by atoms with van der Waals surface area (Å²) in [6, 6.07) is 10.9. The van der Waals surface area contributed by atoms with Crippen molar-refractivity contribution in [2.75, 3.05) is 26.2 Å². The van der Waals surface area contributed by atoms with Crippen LogP contribution < -0.4 is 0 Å². The summed E-state index contributed by atoms with van der Waals surface area (Å²) in [7, 11) is 0. The van der Waals surface area contributed by atoms with E-state index in [0.717, 1.165) is 10.5 Å². The molecule has 0 saturated carbocycles. The molecule has 2 aromatic carbocycles.